The molecule has 1 N–H and O–H groups in total. The van der Waals surface area contributed by atoms with Gasteiger partial charge in [-0.1, -0.05) is 6.92 Å². The van der Waals surface area contributed by atoms with Gasteiger partial charge in [0.15, 0.2) is 0 Å². The number of rotatable bonds is 3. The first-order valence-electron chi connectivity index (χ1n) is 4.52. The molecule has 1 fully saturated rings. The molecule has 0 bridgehead atoms. The molecule has 1 saturated heterocycles. The predicted molar refractivity (Wildman–Crippen MR) is 50.6 cm³/mol. The van der Waals surface area contributed by atoms with Gasteiger partial charge < -0.3 is 10.1 Å². The van der Waals surface area contributed by atoms with E-state index in [0.717, 1.165) is 11.0 Å². The van der Waals surface area contributed by atoms with Crippen LogP contribution < -0.4 is 5.32 Å². The van der Waals surface area contributed by atoms with Crippen LogP contribution in [-0.2, 0) is 14.3 Å². The zero-order valence-electron chi connectivity index (χ0n) is 8.57. The average Bonchev–Trinajstić information content (AvgIpc) is 2.46. The third-order valence-electron chi connectivity index (χ3n) is 1.87. The monoisotopic (exact) mass is 212 g/mol. The molecule has 0 radical (unpaired) electrons. The fourth-order valence-corrected chi connectivity index (χ4v) is 1.18. The van der Waals surface area contributed by atoms with E-state index in [0.29, 0.717) is 13.0 Å². The van der Waals surface area contributed by atoms with Gasteiger partial charge in [-0.15, -0.1) is 0 Å². The van der Waals surface area contributed by atoms with Gasteiger partial charge in [-0.05, 0) is 6.42 Å². The molecule has 82 valence electrons. The molecule has 0 aliphatic carbocycles. The molecule has 6 nitrogen and oxygen atoms in total. The van der Waals surface area contributed by atoms with E-state index >= 15 is 0 Å². The van der Waals surface area contributed by atoms with E-state index in [2.05, 4.69) is 10.1 Å². The number of imide groups is 1. The van der Waals surface area contributed by atoms with Gasteiger partial charge in [0, 0.05) is 6.54 Å². The van der Waals surface area contributed by atoms with Crippen LogP contribution in [0.4, 0.5) is 4.79 Å². The van der Waals surface area contributed by atoms with E-state index in [1.165, 1.54) is 7.11 Å². The lowest BCUT2D eigenvalue weighted by Crippen LogP contribution is -2.31. The summed E-state index contributed by atoms with van der Waals surface area (Å²) in [5.41, 5.74) is -0.0414. The molecule has 0 aromatic carbocycles. The first-order chi connectivity index (χ1) is 7.10. The standard InChI is InChI=1S/C9H12N2O4/c1-3-4-11-8(13)6(10-9(11)14)5-7(12)15-2/h5H,3-4H2,1-2H3,(H,10,14)/b6-5-. The summed E-state index contributed by atoms with van der Waals surface area (Å²) in [7, 11) is 1.20. The lowest BCUT2D eigenvalue weighted by molar-refractivity contribution is -0.135. The number of nitrogens with one attached hydrogen (secondary N) is 1. The Balaban J connectivity index is 2.81. The van der Waals surface area contributed by atoms with E-state index < -0.39 is 17.9 Å². The SMILES string of the molecule is CCCN1C(=O)N/C(=C\C(=O)OC)C1=O. The van der Waals surface area contributed by atoms with Crippen molar-refractivity contribution < 1.29 is 19.1 Å². The van der Waals surface area contributed by atoms with Crippen LogP contribution in [0.15, 0.2) is 11.8 Å². The van der Waals surface area contributed by atoms with Crippen LogP contribution in [0.5, 0.6) is 0 Å². The molecule has 0 aromatic heterocycles. The topological polar surface area (TPSA) is 75.7 Å². The van der Waals surface area contributed by atoms with Gasteiger partial charge in [0.2, 0.25) is 0 Å². The zero-order valence-corrected chi connectivity index (χ0v) is 8.57. The Labute approximate surface area is 86.9 Å². The summed E-state index contributed by atoms with van der Waals surface area (Å²) in [5, 5.41) is 2.30. The summed E-state index contributed by atoms with van der Waals surface area (Å²) in [5.74, 6) is -1.16. The summed E-state index contributed by atoms with van der Waals surface area (Å²) in [6.07, 6.45) is 1.64. The van der Waals surface area contributed by atoms with Gasteiger partial charge in [-0.3, -0.25) is 9.69 Å². The number of nitrogens with zero attached hydrogens (tertiary/aromatic N) is 1. The van der Waals surface area contributed by atoms with Crippen LogP contribution in [0.3, 0.4) is 0 Å². The minimum atomic E-state index is -0.669. The maximum atomic E-state index is 11.5. The highest BCUT2D eigenvalue weighted by Gasteiger charge is 2.33. The quantitative estimate of drug-likeness (QED) is 0.406. The van der Waals surface area contributed by atoms with Gasteiger partial charge in [0.25, 0.3) is 5.91 Å². The molecule has 0 atom stereocenters. The molecule has 0 saturated carbocycles. The van der Waals surface area contributed by atoms with Crippen molar-refractivity contribution in [1.29, 1.82) is 0 Å². The summed E-state index contributed by atoms with van der Waals surface area (Å²) in [4.78, 5) is 34.7. The molecule has 1 heterocycles. The Morgan fingerprint density at radius 1 is 1.53 bits per heavy atom. The number of ether oxygens (including phenoxy) is 1. The van der Waals surface area contributed by atoms with E-state index in [1.54, 1.807) is 0 Å². The third kappa shape index (κ3) is 2.34. The number of hydrogen-bond donors (Lipinski definition) is 1. The largest absolute Gasteiger partial charge is 0.466 e. The normalized spacial score (nSPS) is 18.3. The highest BCUT2D eigenvalue weighted by molar-refractivity contribution is 6.13. The molecular weight excluding hydrogens is 200 g/mol. The fraction of sp³-hybridized carbons (Fsp3) is 0.444. The summed E-state index contributed by atoms with van der Waals surface area (Å²) < 4.78 is 4.35. The van der Waals surface area contributed by atoms with Gasteiger partial charge >= 0.3 is 12.0 Å². The lowest BCUT2D eigenvalue weighted by atomic mass is 10.3. The van der Waals surface area contributed by atoms with Crippen LogP contribution in [0.2, 0.25) is 0 Å². The first-order valence-corrected chi connectivity index (χ1v) is 4.52. The highest BCUT2D eigenvalue weighted by atomic mass is 16.5. The predicted octanol–water partition coefficient (Wildman–Crippen LogP) is 0.00510. The van der Waals surface area contributed by atoms with Gasteiger partial charge in [-0.25, -0.2) is 9.59 Å². The lowest BCUT2D eigenvalue weighted by Gasteiger charge is -2.08. The Bertz CT molecular complexity index is 335. The number of esters is 1. The average molecular weight is 212 g/mol. The summed E-state index contributed by atoms with van der Waals surface area (Å²) in [6, 6.07) is -0.503. The van der Waals surface area contributed by atoms with E-state index in [4.69, 9.17) is 0 Å². The zero-order chi connectivity index (χ0) is 11.4. The maximum absolute atomic E-state index is 11.5. The van der Waals surface area contributed by atoms with Crippen molar-refractivity contribution in [3.8, 4) is 0 Å². The number of urea groups is 1. The van der Waals surface area contributed by atoms with Crippen molar-refractivity contribution in [2.45, 2.75) is 13.3 Å². The van der Waals surface area contributed by atoms with Crippen molar-refractivity contribution >= 4 is 17.9 Å². The second kappa shape index (κ2) is 4.59. The molecule has 1 rings (SSSR count). The molecule has 0 unspecified atom stereocenters. The Morgan fingerprint density at radius 3 is 2.73 bits per heavy atom. The molecular formula is C9H12N2O4. The van der Waals surface area contributed by atoms with E-state index in [-0.39, 0.29) is 5.70 Å². The minimum Gasteiger partial charge on any atom is -0.466 e. The molecule has 1 aliphatic heterocycles. The molecule has 0 spiro atoms. The third-order valence-corrected chi connectivity index (χ3v) is 1.87. The fourth-order valence-electron chi connectivity index (χ4n) is 1.18. The van der Waals surface area contributed by atoms with Gasteiger partial charge in [0.1, 0.15) is 5.70 Å². The van der Waals surface area contributed by atoms with Crippen molar-refractivity contribution in [2.24, 2.45) is 0 Å². The van der Waals surface area contributed by atoms with Crippen LogP contribution >= 0.6 is 0 Å². The van der Waals surface area contributed by atoms with E-state index in [9.17, 15) is 14.4 Å². The maximum Gasteiger partial charge on any atom is 0.332 e. The molecule has 3 amide bonds. The van der Waals surface area contributed by atoms with Gasteiger partial charge in [0.05, 0.1) is 13.2 Å². The van der Waals surface area contributed by atoms with Crippen LogP contribution in [0, 0.1) is 0 Å². The molecule has 1 aliphatic rings. The summed E-state index contributed by atoms with van der Waals surface area (Å²) >= 11 is 0. The second-order valence-electron chi connectivity index (χ2n) is 2.97. The van der Waals surface area contributed by atoms with Crippen molar-refractivity contribution in [3.63, 3.8) is 0 Å². The van der Waals surface area contributed by atoms with Gasteiger partial charge in [-0.2, -0.15) is 0 Å². The second-order valence-corrected chi connectivity index (χ2v) is 2.97. The van der Waals surface area contributed by atoms with Crippen molar-refractivity contribution in [1.82, 2.24) is 10.2 Å². The van der Waals surface area contributed by atoms with Crippen molar-refractivity contribution in [3.05, 3.63) is 11.8 Å². The van der Waals surface area contributed by atoms with Crippen LogP contribution in [0.1, 0.15) is 13.3 Å². The Hall–Kier alpha value is -1.85. The molecule has 6 heteroatoms. The van der Waals surface area contributed by atoms with Crippen LogP contribution in [-0.4, -0.2) is 36.5 Å². The van der Waals surface area contributed by atoms with Crippen LogP contribution in [0.25, 0.3) is 0 Å². The number of carbonyl (C=O) groups is 3. The number of hydrogen-bond acceptors (Lipinski definition) is 4. The number of carbonyl (C=O) groups excluding carboxylic acids is 3. The summed E-state index contributed by atoms with van der Waals surface area (Å²) in [6.45, 7) is 2.19. The molecule has 0 aromatic rings. The Kier molecular flexibility index (Phi) is 3.43. The highest BCUT2D eigenvalue weighted by Crippen LogP contribution is 2.09. The number of amides is 3. The minimum absolute atomic E-state index is 0.0414. The Morgan fingerprint density at radius 2 is 2.20 bits per heavy atom. The smallest absolute Gasteiger partial charge is 0.332 e. The number of methoxy groups -OCH3 is 1. The molecule has 15 heavy (non-hydrogen) atoms. The van der Waals surface area contributed by atoms with Crippen molar-refractivity contribution in [2.75, 3.05) is 13.7 Å². The first kappa shape index (κ1) is 11.2. The van der Waals surface area contributed by atoms with E-state index in [1.807, 2.05) is 6.92 Å².